The van der Waals surface area contributed by atoms with E-state index in [0.717, 1.165) is 23.3 Å². The number of anilines is 2. The zero-order valence-electron chi connectivity index (χ0n) is 18.1. The lowest BCUT2D eigenvalue weighted by Gasteiger charge is -2.07. The van der Waals surface area contributed by atoms with Crippen LogP contribution in [0.5, 0.6) is 6.01 Å². The van der Waals surface area contributed by atoms with Crippen LogP contribution in [0.3, 0.4) is 0 Å². The van der Waals surface area contributed by atoms with Gasteiger partial charge in [-0.05, 0) is 60.4 Å². The van der Waals surface area contributed by atoms with Gasteiger partial charge in [0.1, 0.15) is 5.65 Å². The van der Waals surface area contributed by atoms with E-state index in [4.69, 9.17) is 11.6 Å². The van der Waals surface area contributed by atoms with Crippen molar-refractivity contribution in [1.82, 2.24) is 24.3 Å². The van der Waals surface area contributed by atoms with Crippen LogP contribution in [0.25, 0.3) is 5.65 Å². The Bertz CT molecular complexity index is 1400. The molecule has 9 nitrogen and oxygen atoms in total. The number of carbonyl (C=O) groups is 1. The van der Waals surface area contributed by atoms with E-state index in [9.17, 15) is 9.90 Å². The van der Waals surface area contributed by atoms with Crippen LogP contribution in [0, 0.1) is 5.92 Å². The quantitative estimate of drug-likeness (QED) is 0.368. The second-order valence-electron chi connectivity index (χ2n) is 8.86. The average Bonchev–Trinajstić information content (AvgIpc) is 3.73. The van der Waals surface area contributed by atoms with Crippen LogP contribution >= 0.6 is 11.6 Å². The minimum absolute atomic E-state index is 0.000760. The molecule has 0 saturated heterocycles. The second-order valence-corrected chi connectivity index (χ2v) is 9.30. The maximum Gasteiger partial charge on any atom is 0.320 e. The number of fused-ring (bicyclic) bond motifs is 1. The zero-order valence-corrected chi connectivity index (χ0v) is 18.9. The van der Waals surface area contributed by atoms with E-state index in [1.54, 1.807) is 0 Å². The average molecular weight is 476 g/mol. The van der Waals surface area contributed by atoms with Gasteiger partial charge in [0.15, 0.2) is 0 Å². The molecule has 1 amide bonds. The fraction of sp³-hybridized carbons (Fsp3) is 0.292. The lowest BCUT2D eigenvalue weighted by molar-refractivity contribution is -0.117. The van der Waals surface area contributed by atoms with Crippen LogP contribution in [0.2, 0.25) is 5.02 Å². The van der Waals surface area contributed by atoms with Crippen molar-refractivity contribution in [3.8, 4) is 6.01 Å². The van der Waals surface area contributed by atoms with E-state index in [0.29, 0.717) is 17.5 Å². The van der Waals surface area contributed by atoms with E-state index in [1.165, 1.54) is 18.4 Å². The molecule has 1 aromatic carbocycles. The number of hydrogen-bond acceptors (Lipinski definition) is 7. The number of amides is 1. The number of benzene rings is 1. The molecular formula is C24H22ClN7O2. The van der Waals surface area contributed by atoms with Crippen LogP contribution < -0.4 is 10.6 Å². The Labute approximate surface area is 200 Å². The molecule has 3 heterocycles. The van der Waals surface area contributed by atoms with Crippen molar-refractivity contribution in [2.75, 3.05) is 10.6 Å². The van der Waals surface area contributed by atoms with Gasteiger partial charge in [-0.3, -0.25) is 10.1 Å². The van der Waals surface area contributed by atoms with Crippen LogP contribution in [-0.2, 0) is 11.3 Å². The molecule has 3 N–H and O–H groups in total. The maximum absolute atomic E-state index is 12.7. The van der Waals surface area contributed by atoms with E-state index in [1.807, 2.05) is 40.9 Å². The summed E-state index contributed by atoms with van der Waals surface area (Å²) in [6.07, 6.45) is 7.31. The smallest absolute Gasteiger partial charge is 0.320 e. The summed E-state index contributed by atoms with van der Waals surface area (Å²) in [7, 11) is 0. The van der Waals surface area contributed by atoms with Gasteiger partial charge in [-0.15, -0.1) is 0 Å². The summed E-state index contributed by atoms with van der Waals surface area (Å²) in [5, 5.41) is 16.3. The number of carbonyl (C=O) groups excluding carboxylic acids is 1. The highest BCUT2D eigenvalue weighted by Crippen LogP contribution is 2.48. The first-order chi connectivity index (χ1) is 16.5. The SMILES string of the molecule is O=C(Nc1nc(O)nc(NCc2cn3cc(C4CC4)ccc3n2)n1)[C@H]1CC1c1cccc(Cl)c1. The first kappa shape index (κ1) is 20.9. The summed E-state index contributed by atoms with van der Waals surface area (Å²) < 4.78 is 2.02. The van der Waals surface area contributed by atoms with Gasteiger partial charge in [0.05, 0.1) is 12.2 Å². The first-order valence-electron chi connectivity index (χ1n) is 11.2. The van der Waals surface area contributed by atoms with Crippen molar-refractivity contribution in [3.05, 3.63) is 70.6 Å². The molecule has 0 aliphatic heterocycles. The topological polar surface area (TPSA) is 117 Å². The van der Waals surface area contributed by atoms with E-state index in [2.05, 4.69) is 42.8 Å². The molecule has 2 atom stereocenters. The Morgan fingerprint density at radius 3 is 2.74 bits per heavy atom. The lowest BCUT2D eigenvalue weighted by atomic mass is 10.1. The number of hydrogen-bond donors (Lipinski definition) is 3. The number of imidazole rings is 1. The molecule has 0 radical (unpaired) electrons. The summed E-state index contributed by atoms with van der Waals surface area (Å²) in [5.74, 6) is 0.552. The van der Waals surface area contributed by atoms with Gasteiger partial charge in [-0.2, -0.15) is 15.0 Å². The monoisotopic (exact) mass is 475 g/mol. The molecule has 6 rings (SSSR count). The largest absolute Gasteiger partial charge is 0.479 e. The third kappa shape index (κ3) is 4.38. The predicted molar refractivity (Wildman–Crippen MR) is 127 cm³/mol. The van der Waals surface area contributed by atoms with Crippen LogP contribution in [0.1, 0.15) is 47.9 Å². The van der Waals surface area contributed by atoms with Gasteiger partial charge in [-0.1, -0.05) is 29.8 Å². The Morgan fingerprint density at radius 1 is 1.06 bits per heavy atom. The van der Waals surface area contributed by atoms with Crippen molar-refractivity contribution in [1.29, 1.82) is 0 Å². The molecule has 0 spiro atoms. The molecule has 34 heavy (non-hydrogen) atoms. The molecule has 10 heteroatoms. The molecule has 172 valence electrons. The molecule has 4 aromatic rings. The Hall–Kier alpha value is -3.72. The standard InChI is InChI=1S/C24H22ClN7O2/c25-16-3-1-2-14(8-16)18-9-19(18)21(33)28-23-29-22(30-24(34)31-23)26-10-17-12-32-11-15(13-4-5-13)6-7-20(32)27-17/h1-3,6-8,11-13,18-19H,4-5,9-10H2,(H3,26,28,29,30,31,33,34)/t18?,19-/m0/s1. The molecule has 2 saturated carbocycles. The number of aromatic hydroxyl groups is 1. The van der Waals surface area contributed by atoms with Gasteiger partial charge in [-0.25, -0.2) is 4.98 Å². The number of nitrogens with one attached hydrogen (secondary N) is 2. The van der Waals surface area contributed by atoms with E-state index < -0.39 is 6.01 Å². The molecule has 2 aliphatic rings. The summed E-state index contributed by atoms with van der Waals surface area (Å²) in [4.78, 5) is 29.2. The summed E-state index contributed by atoms with van der Waals surface area (Å²) in [6.45, 7) is 0.358. The number of halogens is 1. The zero-order chi connectivity index (χ0) is 23.2. The number of pyridine rings is 1. The van der Waals surface area contributed by atoms with Crippen molar-refractivity contribution >= 4 is 35.1 Å². The minimum atomic E-state index is -0.473. The fourth-order valence-corrected chi connectivity index (χ4v) is 4.47. The van der Waals surface area contributed by atoms with E-state index in [-0.39, 0.29) is 29.6 Å². The fourth-order valence-electron chi connectivity index (χ4n) is 4.27. The highest BCUT2D eigenvalue weighted by molar-refractivity contribution is 6.30. The predicted octanol–water partition coefficient (Wildman–Crippen LogP) is 4.11. The van der Waals surface area contributed by atoms with Crippen LogP contribution in [0.4, 0.5) is 11.9 Å². The summed E-state index contributed by atoms with van der Waals surface area (Å²) >= 11 is 6.06. The maximum atomic E-state index is 12.7. The highest BCUT2D eigenvalue weighted by Gasteiger charge is 2.44. The molecule has 3 aromatic heterocycles. The van der Waals surface area contributed by atoms with E-state index >= 15 is 0 Å². The molecule has 0 bridgehead atoms. The normalized spacial score (nSPS) is 19.2. The first-order valence-corrected chi connectivity index (χ1v) is 11.6. The number of aromatic nitrogens is 5. The van der Waals surface area contributed by atoms with Gasteiger partial charge in [0.2, 0.25) is 17.8 Å². The summed E-state index contributed by atoms with van der Waals surface area (Å²) in [5.41, 5.74) is 4.04. The van der Waals surface area contributed by atoms with Crippen molar-refractivity contribution in [2.24, 2.45) is 5.92 Å². The van der Waals surface area contributed by atoms with Crippen LogP contribution in [0.15, 0.2) is 48.8 Å². The van der Waals surface area contributed by atoms with Crippen molar-refractivity contribution in [2.45, 2.75) is 37.6 Å². The number of nitrogens with zero attached hydrogens (tertiary/aromatic N) is 5. The van der Waals surface area contributed by atoms with Gasteiger partial charge in [0.25, 0.3) is 0 Å². The molecule has 2 fully saturated rings. The van der Waals surface area contributed by atoms with Gasteiger partial charge >= 0.3 is 6.01 Å². The summed E-state index contributed by atoms with van der Waals surface area (Å²) in [6, 6.07) is 11.2. The minimum Gasteiger partial charge on any atom is -0.479 e. The highest BCUT2D eigenvalue weighted by atomic mass is 35.5. The lowest BCUT2D eigenvalue weighted by Crippen LogP contribution is -2.17. The molecule has 2 aliphatic carbocycles. The number of rotatable bonds is 7. The Morgan fingerprint density at radius 2 is 1.91 bits per heavy atom. The molecular weight excluding hydrogens is 454 g/mol. The van der Waals surface area contributed by atoms with Crippen molar-refractivity contribution in [3.63, 3.8) is 0 Å². The van der Waals surface area contributed by atoms with Gasteiger partial charge < -0.3 is 14.8 Å². The van der Waals surface area contributed by atoms with Crippen LogP contribution in [-0.4, -0.2) is 35.4 Å². The van der Waals surface area contributed by atoms with Crippen molar-refractivity contribution < 1.29 is 9.90 Å². The third-order valence-corrected chi connectivity index (χ3v) is 6.50. The van der Waals surface area contributed by atoms with Gasteiger partial charge in [0, 0.05) is 23.3 Å². The molecule has 1 unspecified atom stereocenters. The third-order valence-electron chi connectivity index (χ3n) is 6.26. The Kier molecular flexibility index (Phi) is 5.06. The second kappa shape index (κ2) is 8.25. The Balaban J connectivity index is 1.10.